The Kier molecular flexibility index (Phi) is 3.81. The van der Waals surface area contributed by atoms with Crippen molar-refractivity contribution in [1.82, 2.24) is 14.9 Å². The lowest BCUT2D eigenvalue weighted by molar-refractivity contribution is -0.123. The molecule has 1 N–H and O–H groups in total. The van der Waals surface area contributed by atoms with Crippen molar-refractivity contribution in [3.63, 3.8) is 0 Å². The van der Waals surface area contributed by atoms with Gasteiger partial charge in [-0.15, -0.1) is 0 Å². The Hall–Kier alpha value is -2.35. The minimum atomic E-state index is -0.379. The number of amides is 1. The van der Waals surface area contributed by atoms with E-state index in [1.165, 1.54) is 0 Å². The average Bonchev–Trinajstić information content (AvgIpc) is 2.76. The van der Waals surface area contributed by atoms with Crippen LogP contribution in [0.1, 0.15) is 25.7 Å². The molecule has 2 aromatic rings. The molecule has 1 aromatic heterocycles. The molecule has 1 aromatic carbocycles. The highest BCUT2D eigenvalue weighted by atomic mass is 16.2. The van der Waals surface area contributed by atoms with Crippen LogP contribution in [0.2, 0.25) is 0 Å². The van der Waals surface area contributed by atoms with Gasteiger partial charge < -0.3 is 9.88 Å². The van der Waals surface area contributed by atoms with Crippen molar-refractivity contribution in [1.29, 1.82) is 5.26 Å². The van der Waals surface area contributed by atoms with Gasteiger partial charge in [0.1, 0.15) is 11.9 Å². The normalized spacial score (nSPS) is 12.1. The number of hydrogen-bond donors (Lipinski definition) is 1. The molecule has 0 bridgehead atoms. The van der Waals surface area contributed by atoms with Gasteiger partial charge in [0.2, 0.25) is 5.91 Å². The molecule has 5 heteroatoms. The predicted molar refractivity (Wildman–Crippen MR) is 72.4 cm³/mol. The quantitative estimate of drug-likeness (QED) is 0.906. The second-order valence-corrected chi connectivity index (χ2v) is 4.29. The Morgan fingerprint density at radius 3 is 2.95 bits per heavy atom. The first-order valence-electron chi connectivity index (χ1n) is 6.29. The zero-order valence-corrected chi connectivity index (χ0v) is 11.1. The highest BCUT2D eigenvalue weighted by Crippen LogP contribution is 2.21. The number of aromatic nitrogens is 2. The molecule has 0 fully saturated rings. The molecule has 0 saturated carbocycles. The molecule has 1 amide bonds. The first kappa shape index (κ1) is 13.1. The number of benzene rings is 1. The Morgan fingerprint density at radius 2 is 2.26 bits per heavy atom. The number of nitrogens with zero attached hydrogens (tertiary/aromatic N) is 3. The topological polar surface area (TPSA) is 70.7 Å². The third kappa shape index (κ3) is 2.43. The summed E-state index contributed by atoms with van der Waals surface area (Å²) in [7, 11) is 0. The molecule has 2 rings (SSSR count). The molecular formula is C14H16N4O. The van der Waals surface area contributed by atoms with E-state index in [-0.39, 0.29) is 18.4 Å². The van der Waals surface area contributed by atoms with Gasteiger partial charge in [-0.3, -0.25) is 4.79 Å². The zero-order chi connectivity index (χ0) is 13.8. The summed E-state index contributed by atoms with van der Waals surface area (Å²) < 4.78 is 1.84. The van der Waals surface area contributed by atoms with Gasteiger partial charge in [0, 0.05) is 6.54 Å². The molecule has 19 heavy (non-hydrogen) atoms. The van der Waals surface area contributed by atoms with E-state index in [0.717, 1.165) is 11.0 Å². The van der Waals surface area contributed by atoms with Crippen molar-refractivity contribution in [2.75, 3.05) is 6.54 Å². The Bertz CT molecular complexity index is 638. The van der Waals surface area contributed by atoms with Gasteiger partial charge in [-0.05, 0) is 26.0 Å². The summed E-state index contributed by atoms with van der Waals surface area (Å²) in [6, 6.07) is 9.32. The summed E-state index contributed by atoms with van der Waals surface area (Å²) >= 11 is 0. The molecule has 0 aliphatic heterocycles. The lowest BCUT2D eigenvalue weighted by atomic mass is 10.2. The van der Waals surface area contributed by atoms with E-state index in [0.29, 0.717) is 12.4 Å². The predicted octanol–water partition coefficient (Wildman–Crippen LogP) is 1.80. The van der Waals surface area contributed by atoms with Gasteiger partial charge in [0.15, 0.2) is 0 Å². The number of nitriles is 1. The fourth-order valence-electron chi connectivity index (χ4n) is 2.16. The number of likely N-dealkylation sites (N-methyl/N-ethyl adjacent to an activating group) is 1. The lowest BCUT2D eigenvalue weighted by Gasteiger charge is -2.16. The smallest absolute Gasteiger partial charge is 0.242 e. The molecule has 0 radical (unpaired) electrons. The van der Waals surface area contributed by atoms with Crippen molar-refractivity contribution < 1.29 is 4.79 Å². The SMILES string of the molecule is CCNC(=O)C(C)n1c(CC#N)nc2ccccc21. The third-order valence-corrected chi connectivity index (χ3v) is 3.02. The van der Waals surface area contributed by atoms with Crippen LogP contribution in [0, 0.1) is 11.3 Å². The van der Waals surface area contributed by atoms with Crippen molar-refractivity contribution in [3.8, 4) is 6.07 Å². The van der Waals surface area contributed by atoms with Crippen LogP contribution in [0.25, 0.3) is 11.0 Å². The fraction of sp³-hybridized carbons (Fsp3) is 0.357. The van der Waals surface area contributed by atoms with Gasteiger partial charge in [-0.1, -0.05) is 12.1 Å². The highest BCUT2D eigenvalue weighted by molar-refractivity contribution is 5.84. The van der Waals surface area contributed by atoms with E-state index in [1.807, 2.05) is 42.7 Å². The van der Waals surface area contributed by atoms with Crippen LogP contribution in [-0.4, -0.2) is 22.0 Å². The van der Waals surface area contributed by atoms with E-state index >= 15 is 0 Å². The molecule has 0 aliphatic rings. The first-order valence-corrected chi connectivity index (χ1v) is 6.29. The maximum Gasteiger partial charge on any atom is 0.242 e. The number of imidazole rings is 1. The molecule has 1 heterocycles. The number of rotatable bonds is 4. The van der Waals surface area contributed by atoms with Crippen LogP contribution in [0.4, 0.5) is 0 Å². The molecule has 0 saturated heterocycles. The molecule has 1 atom stereocenters. The second kappa shape index (κ2) is 5.53. The molecule has 0 aliphatic carbocycles. The number of para-hydroxylation sites is 2. The van der Waals surface area contributed by atoms with Crippen molar-refractivity contribution in [2.24, 2.45) is 0 Å². The van der Waals surface area contributed by atoms with Crippen LogP contribution in [0.5, 0.6) is 0 Å². The van der Waals surface area contributed by atoms with Crippen LogP contribution in [-0.2, 0) is 11.2 Å². The van der Waals surface area contributed by atoms with E-state index < -0.39 is 0 Å². The minimum absolute atomic E-state index is 0.0650. The van der Waals surface area contributed by atoms with E-state index in [2.05, 4.69) is 16.4 Å². The van der Waals surface area contributed by atoms with E-state index in [9.17, 15) is 4.79 Å². The van der Waals surface area contributed by atoms with Crippen molar-refractivity contribution >= 4 is 16.9 Å². The monoisotopic (exact) mass is 256 g/mol. The fourth-order valence-corrected chi connectivity index (χ4v) is 2.16. The summed E-state index contributed by atoms with van der Waals surface area (Å²) in [6.07, 6.45) is 0.193. The number of hydrogen-bond acceptors (Lipinski definition) is 3. The first-order chi connectivity index (χ1) is 9.19. The van der Waals surface area contributed by atoms with Crippen LogP contribution in [0.15, 0.2) is 24.3 Å². The zero-order valence-electron chi connectivity index (χ0n) is 11.1. The Balaban J connectivity index is 2.53. The van der Waals surface area contributed by atoms with Gasteiger partial charge in [0.25, 0.3) is 0 Å². The molecule has 0 spiro atoms. The van der Waals surface area contributed by atoms with Crippen LogP contribution in [0.3, 0.4) is 0 Å². The van der Waals surface area contributed by atoms with Crippen LogP contribution < -0.4 is 5.32 Å². The van der Waals surface area contributed by atoms with Crippen molar-refractivity contribution in [2.45, 2.75) is 26.3 Å². The molecular weight excluding hydrogens is 240 g/mol. The second-order valence-electron chi connectivity index (χ2n) is 4.29. The Morgan fingerprint density at radius 1 is 1.53 bits per heavy atom. The number of carbonyl (C=O) groups excluding carboxylic acids is 1. The average molecular weight is 256 g/mol. The van der Waals surface area contributed by atoms with Gasteiger partial charge in [0.05, 0.1) is 23.5 Å². The Labute approximate surface area is 111 Å². The van der Waals surface area contributed by atoms with E-state index in [1.54, 1.807) is 0 Å². The number of carbonyl (C=O) groups is 1. The summed E-state index contributed by atoms with van der Waals surface area (Å²) in [5.41, 5.74) is 1.69. The maximum atomic E-state index is 12.0. The number of nitrogens with one attached hydrogen (secondary N) is 1. The molecule has 1 unspecified atom stereocenters. The maximum absolute atomic E-state index is 12.0. The van der Waals surface area contributed by atoms with Gasteiger partial charge in [-0.2, -0.15) is 5.26 Å². The van der Waals surface area contributed by atoms with Crippen LogP contribution >= 0.6 is 0 Å². The van der Waals surface area contributed by atoms with Gasteiger partial charge in [-0.25, -0.2) is 4.98 Å². The highest BCUT2D eigenvalue weighted by Gasteiger charge is 2.20. The number of fused-ring (bicyclic) bond motifs is 1. The standard InChI is InChI=1S/C14H16N4O/c1-3-16-14(19)10(2)18-12-7-5-4-6-11(12)17-13(18)8-9-15/h4-7,10H,3,8H2,1-2H3,(H,16,19). The van der Waals surface area contributed by atoms with E-state index in [4.69, 9.17) is 5.26 Å². The molecule has 98 valence electrons. The summed E-state index contributed by atoms with van der Waals surface area (Å²) in [4.78, 5) is 16.4. The third-order valence-electron chi connectivity index (χ3n) is 3.02. The largest absolute Gasteiger partial charge is 0.355 e. The van der Waals surface area contributed by atoms with Gasteiger partial charge >= 0.3 is 0 Å². The van der Waals surface area contributed by atoms with Crippen molar-refractivity contribution in [3.05, 3.63) is 30.1 Å². The summed E-state index contributed by atoms with van der Waals surface area (Å²) in [5, 5.41) is 11.7. The lowest BCUT2D eigenvalue weighted by Crippen LogP contribution is -2.31. The summed E-state index contributed by atoms with van der Waals surface area (Å²) in [6.45, 7) is 4.29. The molecule has 5 nitrogen and oxygen atoms in total. The minimum Gasteiger partial charge on any atom is -0.355 e. The summed E-state index contributed by atoms with van der Waals surface area (Å²) in [5.74, 6) is 0.562.